The number of benzene rings is 1. The van der Waals surface area contributed by atoms with Gasteiger partial charge in [-0.15, -0.1) is 0 Å². The number of H-pyrrole nitrogens is 1. The first-order chi connectivity index (χ1) is 9.44. The Morgan fingerprint density at radius 1 is 1.35 bits per heavy atom. The highest BCUT2D eigenvalue weighted by atomic mass is 32.2. The molecule has 1 aromatic carbocycles. The molecule has 0 aliphatic carbocycles. The molecular weight excluding hydrogens is 294 g/mol. The third-order valence-electron chi connectivity index (χ3n) is 2.42. The summed E-state index contributed by atoms with van der Waals surface area (Å²) >= 11 is 0. The second-order valence-corrected chi connectivity index (χ2v) is 5.54. The molecule has 2 rings (SSSR count). The van der Waals surface area contributed by atoms with E-state index in [2.05, 4.69) is 15.2 Å². The van der Waals surface area contributed by atoms with Crippen LogP contribution in [0.4, 0.5) is 8.78 Å². The number of hydrogen-bond acceptors (Lipinski definition) is 5. The predicted molar refractivity (Wildman–Crippen MR) is 62.7 cm³/mol. The second-order valence-electron chi connectivity index (χ2n) is 3.80. The number of aliphatic hydroxyl groups excluding tert-OH is 1. The smallest absolute Gasteiger partial charge is 0.244 e. The van der Waals surface area contributed by atoms with E-state index in [4.69, 9.17) is 5.11 Å². The van der Waals surface area contributed by atoms with Crippen LogP contribution in [-0.2, 0) is 23.2 Å². The van der Waals surface area contributed by atoms with Gasteiger partial charge in [0.25, 0.3) is 0 Å². The summed E-state index contributed by atoms with van der Waals surface area (Å²) < 4.78 is 52.7. The number of nitrogens with one attached hydrogen (secondary N) is 2. The molecule has 10 heteroatoms. The molecule has 0 fully saturated rings. The van der Waals surface area contributed by atoms with Gasteiger partial charge in [-0.2, -0.15) is 5.10 Å². The van der Waals surface area contributed by atoms with E-state index in [1.807, 2.05) is 4.72 Å². The summed E-state index contributed by atoms with van der Waals surface area (Å²) in [5.74, 6) is -2.64. The lowest BCUT2D eigenvalue weighted by Gasteiger charge is -2.08. The van der Waals surface area contributed by atoms with Crippen LogP contribution in [0.1, 0.15) is 11.4 Å². The van der Waals surface area contributed by atoms with Crippen molar-refractivity contribution < 1.29 is 22.3 Å². The third kappa shape index (κ3) is 2.98. The van der Waals surface area contributed by atoms with E-state index >= 15 is 0 Å². The van der Waals surface area contributed by atoms with Crippen molar-refractivity contribution in [2.45, 2.75) is 18.0 Å². The molecule has 108 valence electrons. The molecule has 20 heavy (non-hydrogen) atoms. The fraction of sp³-hybridized carbons (Fsp3) is 0.200. The fourth-order valence-corrected chi connectivity index (χ4v) is 2.58. The summed E-state index contributed by atoms with van der Waals surface area (Å²) in [6.45, 7) is -0.866. The molecule has 3 N–H and O–H groups in total. The third-order valence-corrected chi connectivity index (χ3v) is 3.82. The summed E-state index contributed by atoms with van der Waals surface area (Å²) in [4.78, 5) is 2.81. The van der Waals surface area contributed by atoms with Gasteiger partial charge < -0.3 is 5.11 Å². The maximum Gasteiger partial charge on any atom is 0.244 e. The van der Waals surface area contributed by atoms with E-state index in [1.165, 1.54) is 6.33 Å². The Bertz CT molecular complexity index is 704. The number of sulfonamides is 1. The van der Waals surface area contributed by atoms with Crippen LogP contribution >= 0.6 is 0 Å². The van der Waals surface area contributed by atoms with Crippen LogP contribution in [0, 0.1) is 11.6 Å². The van der Waals surface area contributed by atoms with Crippen molar-refractivity contribution in [2.24, 2.45) is 0 Å². The molecule has 0 saturated carbocycles. The minimum atomic E-state index is -4.29. The maximum absolute atomic E-state index is 13.6. The van der Waals surface area contributed by atoms with E-state index in [0.29, 0.717) is 0 Å². The van der Waals surface area contributed by atoms with Crippen molar-refractivity contribution in [3.05, 3.63) is 41.5 Å². The number of aromatic amines is 1. The van der Waals surface area contributed by atoms with E-state index in [0.717, 1.165) is 12.1 Å². The van der Waals surface area contributed by atoms with E-state index in [-0.39, 0.29) is 17.9 Å². The van der Waals surface area contributed by atoms with Gasteiger partial charge in [-0.1, -0.05) is 0 Å². The number of hydrogen-bond donors (Lipinski definition) is 3. The largest absolute Gasteiger partial charge is 0.392 e. The lowest BCUT2D eigenvalue weighted by atomic mass is 10.2. The summed E-state index contributed by atoms with van der Waals surface area (Å²) in [5, 5.41) is 14.8. The lowest BCUT2D eigenvalue weighted by molar-refractivity contribution is 0.280. The van der Waals surface area contributed by atoms with E-state index in [9.17, 15) is 17.2 Å². The van der Waals surface area contributed by atoms with Gasteiger partial charge >= 0.3 is 0 Å². The Morgan fingerprint density at radius 2 is 2.10 bits per heavy atom. The molecule has 0 aliphatic heterocycles. The Labute approximate surface area is 112 Å². The van der Waals surface area contributed by atoms with Gasteiger partial charge in [0, 0.05) is 0 Å². The summed E-state index contributed by atoms with van der Waals surface area (Å²) in [5.41, 5.74) is -0.0519. The van der Waals surface area contributed by atoms with Crippen molar-refractivity contribution in [3.8, 4) is 0 Å². The van der Waals surface area contributed by atoms with E-state index < -0.39 is 33.2 Å². The molecule has 0 unspecified atom stereocenters. The van der Waals surface area contributed by atoms with Crippen LogP contribution in [-0.4, -0.2) is 28.7 Å². The molecule has 0 saturated heterocycles. The molecule has 7 nitrogen and oxygen atoms in total. The highest BCUT2D eigenvalue weighted by Crippen LogP contribution is 2.20. The van der Waals surface area contributed by atoms with Crippen LogP contribution in [0.5, 0.6) is 0 Å². The Hall–Kier alpha value is -1.91. The van der Waals surface area contributed by atoms with Gasteiger partial charge in [-0.05, 0) is 17.7 Å². The highest BCUT2D eigenvalue weighted by Gasteiger charge is 2.23. The normalized spacial score (nSPS) is 11.8. The predicted octanol–water partition coefficient (Wildman–Crippen LogP) is 0.0537. The zero-order valence-electron chi connectivity index (χ0n) is 9.97. The van der Waals surface area contributed by atoms with Crippen LogP contribution in [0.15, 0.2) is 23.4 Å². The van der Waals surface area contributed by atoms with Gasteiger partial charge in [-0.3, -0.25) is 5.10 Å². The lowest BCUT2D eigenvalue weighted by Crippen LogP contribution is -2.25. The number of nitrogens with zero attached hydrogens (tertiary/aromatic N) is 2. The Balaban J connectivity index is 2.31. The second kappa shape index (κ2) is 5.61. The summed E-state index contributed by atoms with van der Waals surface area (Å²) in [6, 6.07) is 1.59. The molecule has 2 aromatic rings. The number of aromatic nitrogens is 3. The molecule has 1 aromatic heterocycles. The standard InChI is InChI=1S/C10H10F2N4O3S/c11-7-1-6(4-17)2-8(10(7)12)20(18,19)15-3-9-13-5-14-16-9/h1-2,5,15,17H,3-4H2,(H,13,14,16). The Morgan fingerprint density at radius 3 is 2.70 bits per heavy atom. The first-order valence-electron chi connectivity index (χ1n) is 5.36. The zero-order chi connectivity index (χ0) is 14.8. The van der Waals surface area contributed by atoms with E-state index in [1.54, 1.807) is 0 Å². The Kier molecular flexibility index (Phi) is 4.06. The van der Waals surface area contributed by atoms with Crippen LogP contribution in [0.2, 0.25) is 0 Å². The van der Waals surface area contributed by atoms with Crippen molar-refractivity contribution >= 4 is 10.0 Å². The van der Waals surface area contributed by atoms with Crippen LogP contribution in [0.3, 0.4) is 0 Å². The monoisotopic (exact) mass is 304 g/mol. The van der Waals surface area contributed by atoms with Gasteiger partial charge in [0.2, 0.25) is 10.0 Å². The molecular formula is C10H10F2N4O3S. The molecule has 1 heterocycles. The average molecular weight is 304 g/mol. The van der Waals surface area contributed by atoms with Crippen molar-refractivity contribution in [1.29, 1.82) is 0 Å². The average Bonchev–Trinajstić information content (AvgIpc) is 2.92. The first-order valence-corrected chi connectivity index (χ1v) is 6.85. The van der Waals surface area contributed by atoms with Gasteiger partial charge in [0.15, 0.2) is 11.6 Å². The zero-order valence-corrected chi connectivity index (χ0v) is 10.8. The maximum atomic E-state index is 13.6. The topological polar surface area (TPSA) is 108 Å². The molecule has 0 bridgehead atoms. The SMILES string of the molecule is O=S(=O)(NCc1ncn[nH]1)c1cc(CO)cc(F)c1F. The van der Waals surface area contributed by atoms with Gasteiger partial charge in [-0.25, -0.2) is 26.9 Å². The van der Waals surface area contributed by atoms with Crippen LogP contribution in [0.25, 0.3) is 0 Å². The summed E-state index contributed by atoms with van der Waals surface area (Å²) in [6.07, 6.45) is 1.18. The van der Waals surface area contributed by atoms with Crippen molar-refractivity contribution in [2.75, 3.05) is 0 Å². The molecule has 0 aliphatic rings. The fourth-order valence-electron chi connectivity index (χ4n) is 1.46. The quantitative estimate of drug-likeness (QED) is 0.723. The van der Waals surface area contributed by atoms with Crippen molar-refractivity contribution in [3.63, 3.8) is 0 Å². The number of aliphatic hydroxyl groups is 1. The molecule has 0 spiro atoms. The first kappa shape index (κ1) is 14.5. The van der Waals surface area contributed by atoms with Crippen LogP contribution < -0.4 is 4.72 Å². The van der Waals surface area contributed by atoms with Gasteiger partial charge in [0.1, 0.15) is 17.0 Å². The molecule has 0 radical (unpaired) electrons. The minimum absolute atomic E-state index is 0.0519. The minimum Gasteiger partial charge on any atom is -0.392 e. The highest BCUT2D eigenvalue weighted by molar-refractivity contribution is 7.89. The van der Waals surface area contributed by atoms with Crippen molar-refractivity contribution in [1.82, 2.24) is 19.9 Å². The molecule has 0 amide bonds. The summed E-state index contributed by atoms with van der Waals surface area (Å²) in [7, 11) is -4.29. The van der Waals surface area contributed by atoms with Gasteiger partial charge in [0.05, 0.1) is 13.2 Å². The number of halogens is 2. The molecule has 0 atom stereocenters. The number of rotatable bonds is 5.